The van der Waals surface area contributed by atoms with Crippen LogP contribution in [-0.2, 0) is 0 Å². The van der Waals surface area contributed by atoms with E-state index in [1.165, 1.54) is 0 Å². The Morgan fingerprint density at radius 3 is 2.12 bits per heavy atom. The molecular weight excluding hydrogens is 151 g/mol. The molecule has 8 heavy (non-hydrogen) atoms. The van der Waals surface area contributed by atoms with Crippen molar-refractivity contribution in [2.24, 2.45) is 0 Å². The lowest BCUT2D eigenvalue weighted by atomic mass is 10.3. The Labute approximate surface area is 58.0 Å². The number of rotatable bonds is 3. The first kappa shape index (κ1) is 8.50. The van der Waals surface area contributed by atoms with Crippen molar-refractivity contribution in [2.45, 2.75) is 11.5 Å². The zero-order chi connectivity index (χ0) is 6.57. The Bertz CT molecular complexity index is 52.0. The summed E-state index contributed by atoms with van der Waals surface area (Å²) in [7, 11) is 0. The molecule has 0 aromatic carbocycles. The second-order valence-corrected chi connectivity index (χ2v) is 2.29. The van der Waals surface area contributed by atoms with Gasteiger partial charge >= 0.3 is 0 Å². The van der Waals surface area contributed by atoms with Gasteiger partial charge in [-0.1, -0.05) is 0 Å². The van der Waals surface area contributed by atoms with E-state index in [-0.39, 0.29) is 12.5 Å². The third-order valence-electron chi connectivity index (χ3n) is 0.752. The molecule has 0 aliphatic rings. The van der Waals surface area contributed by atoms with Crippen molar-refractivity contribution in [3.8, 4) is 0 Å². The molecule has 2 nitrogen and oxygen atoms in total. The molecule has 2 atom stereocenters. The number of hydrogen-bond acceptors (Lipinski definition) is 2. The third kappa shape index (κ3) is 2.72. The van der Waals surface area contributed by atoms with E-state index in [0.29, 0.717) is 0 Å². The molecular formula is C4H8Cl2O2. The molecule has 0 saturated heterocycles. The van der Waals surface area contributed by atoms with Crippen molar-refractivity contribution in [1.29, 1.82) is 0 Å². The summed E-state index contributed by atoms with van der Waals surface area (Å²) >= 11 is 10.6. The molecule has 0 unspecified atom stereocenters. The second kappa shape index (κ2) is 4.39. The summed E-state index contributed by atoms with van der Waals surface area (Å²) in [6.07, 6.45) is -0.894. The molecule has 0 fully saturated rings. The summed E-state index contributed by atoms with van der Waals surface area (Å²) in [6, 6.07) is 0. The summed E-state index contributed by atoms with van der Waals surface area (Å²) < 4.78 is 0. The predicted molar refractivity (Wildman–Crippen MR) is 33.5 cm³/mol. The van der Waals surface area contributed by atoms with Crippen LogP contribution in [0.4, 0.5) is 0 Å². The van der Waals surface area contributed by atoms with E-state index in [9.17, 15) is 0 Å². The van der Waals surface area contributed by atoms with Gasteiger partial charge in [0.1, 0.15) is 0 Å². The number of aliphatic hydroxyl groups is 2. The van der Waals surface area contributed by atoms with Gasteiger partial charge in [0, 0.05) is 5.88 Å². The molecule has 0 rings (SSSR count). The number of aliphatic hydroxyl groups excluding tert-OH is 2. The van der Waals surface area contributed by atoms with Crippen molar-refractivity contribution in [3.05, 3.63) is 0 Å². The fourth-order valence-electron chi connectivity index (χ4n) is 0.217. The monoisotopic (exact) mass is 158 g/mol. The molecule has 0 amide bonds. The largest absolute Gasteiger partial charge is 0.394 e. The van der Waals surface area contributed by atoms with Crippen LogP contribution in [0.2, 0.25) is 0 Å². The Morgan fingerprint density at radius 1 is 1.50 bits per heavy atom. The minimum atomic E-state index is -0.894. The van der Waals surface area contributed by atoms with E-state index < -0.39 is 11.5 Å². The van der Waals surface area contributed by atoms with Gasteiger partial charge in [-0.05, 0) is 0 Å². The maximum absolute atomic E-state index is 8.66. The topological polar surface area (TPSA) is 40.5 Å². The maximum Gasteiger partial charge on any atom is 0.0945 e. The molecule has 0 aromatic rings. The maximum atomic E-state index is 8.66. The third-order valence-corrected chi connectivity index (χ3v) is 1.69. The van der Waals surface area contributed by atoms with E-state index in [4.69, 9.17) is 33.4 Å². The minimum absolute atomic E-state index is 0.156. The molecule has 0 spiro atoms. The molecule has 0 radical (unpaired) electrons. The van der Waals surface area contributed by atoms with Gasteiger partial charge in [0.15, 0.2) is 0 Å². The lowest BCUT2D eigenvalue weighted by molar-refractivity contribution is 0.0956. The van der Waals surface area contributed by atoms with Gasteiger partial charge < -0.3 is 10.2 Å². The predicted octanol–water partition coefficient (Wildman–Crippen LogP) is 0.186. The van der Waals surface area contributed by atoms with Gasteiger partial charge in [-0.15, -0.1) is 23.2 Å². The smallest absolute Gasteiger partial charge is 0.0945 e. The molecule has 0 heterocycles. The lowest BCUT2D eigenvalue weighted by Gasteiger charge is -2.09. The van der Waals surface area contributed by atoms with Gasteiger partial charge in [0.25, 0.3) is 0 Å². The van der Waals surface area contributed by atoms with Crippen molar-refractivity contribution in [2.75, 3.05) is 12.5 Å². The van der Waals surface area contributed by atoms with Crippen LogP contribution in [-0.4, -0.2) is 34.2 Å². The second-order valence-electron chi connectivity index (χ2n) is 1.42. The highest BCUT2D eigenvalue weighted by molar-refractivity contribution is 6.28. The zero-order valence-corrected chi connectivity index (χ0v) is 5.73. The fourth-order valence-corrected chi connectivity index (χ4v) is 0.503. The van der Waals surface area contributed by atoms with E-state index in [0.717, 1.165) is 0 Å². The quantitative estimate of drug-likeness (QED) is 0.577. The van der Waals surface area contributed by atoms with E-state index in [1.807, 2.05) is 0 Å². The summed E-state index contributed by atoms with van der Waals surface area (Å²) in [5.74, 6) is 0.156. The van der Waals surface area contributed by atoms with Gasteiger partial charge in [0.2, 0.25) is 0 Å². The van der Waals surface area contributed by atoms with E-state index >= 15 is 0 Å². The van der Waals surface area contributed by atoms with Gasteiger partial charge in [0.05, 0.1) is 18.1 Å². The summed E-state index contributed by atoms with van der Waals surface area (Å²) in [5, 5.41) is 16.4. The first-order chi connectivity index (χ1) is 3.72. The molecule has 0 saturated carbocycles. The molecule has 0 aliphatic heterocycles. The molecule has 4 heteroatoms. The SMILES string of the molecule is OC[C@@H](O)[C@@H](Cl)CCl. The Kier molecular flexibility index (Phi) is 4.66. The highest BCUT2D eigenvalue weighted by Crippen LogP contribution is 2.03. The first-order valence-corrected chi connectivity index (χ1v) is 3.18. The number of halogens is 2. The Morgan fingerprint density at radius 2 is 2.00 bits per heavy atom. The molecule has 2 N–H and O–H groups in total. The van der Waals surface area contributed by atoms with Crippen LogP contribution in [0.3, 0.4) is 0 Å². The van der Waals surface area contributed by atoms with Crippen LogP contribution < -0.4 is 0 Å². The van der Waals surface area contributed by atoms with Gasteiger partial charge in [-0.3, -0.25) is 0 Å². The summed E-state index contributed by atoms with van der Waals surface area (Å²) in [4.78, 5) is 0. The average molecular weight is 159 g/mol. The minimum Gasteiger partial charge on any atom is -0.394 e. The number of hydrogen-bond donors (Lipinski definition) is 2. The lowest BCUT2D eigenvalue weighted by Crippen LogP contribution is -2.25. The summed E-state index contributed by atoms with van der Waals surface area (Å²) in [6.45, 7) is -0.332. The van der Waals surface area contributed by atoms with Crippen LogP contribution in [0.25, 0.3) is 0 Å². The Balaban J connectivity index is 3.29. The van der Waals surface area contributed by atoms with Gasteiger partial charge in [-0.2, -0.15) is 0 Å². The van der Waals surface area contributed by atoms with Crippen molar-refractivity contribution in [3.63, 3.8) is 0 Å². The highest BCUT2D eigenvalue weighted by Gasteiger charge is 2.12. The van der Waals surface area contributed by atoms with E-state index in [2.05, 4.69) is 0 Å². The molecule has 0 bridgehead atoms. The Hall–Kier alpha value is 0.500. The van der Waals surface area contributed by atoms with Crippen molar-refractivity contribution < 1.29 is 10.2 Å². The average Bonchev–Trinajstić information content (AvgIpc) is 1.84. The van der Waals surface area contributed by atoms with Crippen LogP contribution in [0, 0.1) is 0 Å². The zero-order valence-electron chi connectivity index (χ0n) is 4.22. The first-order valence-electron chi connectivity index (χ1n) is 2.21. The standard InChI is InChI=1S/C4H8Cl2O2/c5-1-3(6)4(8)2-7/h3-4,7-8H,1-2H2/t3-,4+/m0/s1. The van der Waals surface area contributed by atoms with Gasteiger partial charge in [-0.25, -0.2) is 0 Å². The van der Waals surface area contributed by atoms with Crippen LogP contribution >= 0.6 is 23.2 Å². The molecule has 0 aliphatic carbocycles. The molecule has 0 aromatic heterocycles. The summed E-state index contributed by atoms with van der Waals surface area (Å²) in [5.41, 5.74) is 0. The normalized spacial score (nSPS) is 18.0. The van der Waals surface area contributed by atoms with Crippen LogP contribution in [0.5, 0.6) is 0 Å². The van der Waals surface area contributed by atoms with E-state index in [1.54, 1.807) is 0 Å². The molecule has 50 valence electrons. The van der Waals surface area contributed by atoms with Crippen molar-refractivity contribution in [1.82, 2.24) is 0 Å². The fraction of sp³-hybridized carbons (Fsp3) is 1.00. The van der Waals surface area contributed by atoms with Crippen LogP contribution in [0.15, 0.2) is 0 Å². The van der Waals surface area contributed by atoms with Crippen LogP contribution in [0.1, 0.15) is 0 Å². The number of alkyl halides is 2. The highest BCUT2D eigenvalue weighted by atomic mass is 35.5. The van der Waals surface area contributed by atoms with Crippen molar-refractivity contribution >= 4 is 23.2 Å².